The van der Waals surface area contributed by atoms with E-state index in [4.69, 9.17) is 0 Å². The molecule has 0 radical (unpaired) electrons. The fraction of sp³-hybridized carbons (Fsp3) is 0.280. The van der Waals surface area contributed by atoms with Gasteiger partial charge in [-0.15, -0.1) is 11.3 Å². The molecule has 8 nitrogen and oxygen atoms in total. The molecule has 1 aromatic carbocycles. The largest absolute Gasteiger partial charge is 0.351 e. The number of benzene rings is 1. The van der Waals surface area contributed by atoms with Crippen molar-refractivity contribution >= 4 is 34.1 Å². The van der Waals surface area contributed by atoms with Gasteiger partial charge >= 0.3 is 0 Å². The fourth-order valence-electron chi connectivity index (χ4n) is 4.79. The fourth-order valence-corrected chi connectivity index (χ4v) is 5.39. The smallest absolute Gasteiger partial charge is 0.282 e. The van der Waals surface area contributed by atoms with Crippen LogP contribution < -0.4 is 0 Å². The zero-order chi connectivity index (χ0) is 23.9. The van der Waals surface area contributed by atoms with Crippen LogP contribution in [0.2, 0.25) is 0 Å². The number of hydrogen-bond acceptors (Lipinski definition) is 6. The molecule has 3 aromatic heterocycles. The molecule has 35 heavy (non-hydrogen) atoms. The van der Waals surface area contributed by atoms with E-state index in [1.807, 2.05) is 39.4 Å². The highest BCUT2D eigenvalue weighted by molar-refractivity contribution is 7.11. The van der Waals surface area contributed by atoms with Crippen molar-refractivity contribution in [2.24, 2.45) is 0 Å². The van der Waals surface area contributed by atoms with E-state index in [1.54, 1.807) is 18.3 Å². The van der Waals surface area contributed by atoms with Crippen LogP contribution in [0, 0.1) is 5.95 Å². The van der Waals surface area contributed by atoms with Crippen LogP contribution in [0.25, 0.3) is 22.0 Å². The third-order valence-corrected chi connectivity index (χ3v) is 7.57. The van der Waals surface area contributed by atoms with Gasteiger partial charge in [-0.25, -0.2) is 9.97 Å². The highest BCUT2D eigenvalue weighted by Gasteiger charge is 2.37. The summed E-state index contributed by atoms with van der Waals surface area (Å²) < 4.78 is 14.1. The average molecular weight is 491 g/mol. The Morgan fingerprint density at radius 3 is 2.54 bits per heavy atom. The highest BCUT2D eigenvalue weighted by atomic mass is 32.1. The summed E-state index contributed by atoms with van der Waals surface area (Å²) in [5.74, 6) is -0.558. The van der Waals surface area contributed by atoms with Crippen LogP contribution in [0.1, 0.15) is 20.3 Å². The van der Waals surface area contributed by atoms with Crippen LogP contribution in [0.3, 0.4) is 0 Å². The van der Waals surface area contributed by atoms with E-state index in [0.717, 1.165) is 24.0 Å². The second kappa shape index (κ2) is 8.86. The molecular weight excluding hydrogens is 467 g/mol. The van der Waals surface area contributed by atoms with Crippen LogP contribution in [-0.2, 0) is 0 Å². The third-order valence-electron chi connectivity index (χ3n) is 6.81. The minimum atomic E-state index is -0.519. The van der Waals surface area contributed by atoms with Gasteiger partial charge in [0.15, 0.2) is 5.01 Å². The molecule has 5 heterocycles. The zero-order valence-electron chi connectivity index (χ0n) is 18.9. The number of carbonyl (C=O) groups is 2. The number of H-pyrrole nitrogens is 1. The zero-order valence-corrected chi connectivity index (χ0v) is 19.7. The number of piperazine rings is 1. The quantitative estimate of drug-likeness (QED) is 0.445. The molecule has 0 saturated carbocycles. The lowest BCUT2D eigenvalue weighted by Gasteiger charge is -2.47. The van der Waals surface area contributed by atoms with E-state index in [9.17, 15) is 14.0 Å². The van der Waals surface area contributed by atoms with E-state index in [2.05, 4.69) is 19.9 Å². The minimum Gasteiger partial charge on any atom is -0.351 e. The Labute approximate surface area is 205 Å². The minimum absolute atomic E-state index is 0.00158. The summed E-state index contributed by atoms with van der Waals surface area (Å²) in [7, 11) is 0. The van der Waals surface area contributed by atoms with Crippen molar-refractivity contribution in [3.8, 4) is 11.1 Å². The molecule has 2 fully saturated rings. The molecule has 1 N–H and O–H groups in total. The van der Waals surface area contributed by atoms with Crippen LogP contribution in [-0.4, -0.2) is 86.8 Å². The highest BCUT2D eigenvalue weighted by Crippen LogP contribution is 2.27. The molecule has 0 unspecified atom stereocenters. The lowest BCUT2D eigenvalue weighted by atomic mass is 10.0. The molecule has 2 aliphatic heterocycles. The number of likely N-dealkylation sites (tertiary alicyclic amines) is 1. The van der Waals surface area contributed by atoms with Crippen molar-refractivity contribution in [1.82, 2.24) is 29.7 Å². The molecule has 10 heteroatoms. The van der Waals surface area contributed by atoms with Crippen LogP contribution in [0.4, 0.5) is 4.39 Å². The number of aromatic amines is 1. The van der Waals surface area contributed by atoms with Gasteiger partial charge in [-0.3, -0.25) is 14.5 Å². The van der Waals surface area contributed by atoms with Gasteiger partial charge in [-0.2, -0.15) is 4.39 Å². The first-order valence-corrected chi connectivity index (χ1v) is 12.4. The molecule has 2 amide bonds. The Bertz CT molecular complexity index is 1390. The number of rotatable bonds is 4. The maximum absolute atomic E-state index is 14.1. The molecule has 4 aromatic rings. The Morgan fingerprint density at radius 2 is 1.80 bits per heavy atom. The van der Waals surface area contributed by atoms with Crippen molar-refractivity contribution in [3.63, 3.8) is 0 Å². The van der Waals surface area contributed by atoms with Crippen molar-refractivity contribution in [2.45, 2.75) is 6.04 Å². The van der Waals surface area contributed by atoms with Crippen molar-refractivity contribution < 1.29 is 14.0 Å². The number of thiazole rings is 1. The number of pyridine rings is 1. The van der Waals surface area contributed by atoms with E-state index in [0.29, 0.717) is 54.0 Å². The number of hydrogen-bond donors (Lipinski definition) is 1. The van der Waals surface area contributed by atoms with Crippen LogP contribution in [0.5, 0.6) is 0 Å². The molecule has 0 spiro atoms. The number of carbonyl (C=O) groups excluding carboxylic acids is 2. The molecule has 0 bridgehead atoms. The normalized spacial score (nSPS) is 17.1. The molecule has 2 saturated heterocycles. The summed E-state index contributed by atoms with van der Waals surface area (Å²) in [6.07, 6.45) is 3.08. The monoisotopic (exact) mass is 490 g/mol. The van der Waals surface area contributed by atoms with Gasteiger partial charge < -0.3 is 14.8 Å². The number of aromatic nitrogens is 3. The van der Waals surface area contributed by atoms with Crippen molar-refractivity contribution in [2.75, 3.05) is 39.3 Å². The Kier molecular flexibility index (Phi) is 5.54. The second-order valence-corrected chi connectivity index (χ2v) is 9.75. The van der Waals surface area contributed by atoms with Crippen LogP contribution in [0.15, 0.2) is 54.2 Å². The average Bonchev–Trinajstić information content (AvgIpc) is 3.53. The van der Waals surface area contributed by atoms with E-state index in [-0.39, 0.29) is 11.8 Å². The van der Waals surface area contributed by atoms with Gasteiger partial charge in [0.25, 0.3) is 11.8 Å². The van der Waals surface area contributed by atoms with E-state index in [1.165, 1.54) is 17.5 Å². The molecule has 0 atom stereocenters. The van der Waals surface area contributed by atoms with Crippen LogP contribution >= 0.6 is 11.3 Å². The lowest BCUT2D eigenvalue weighted by Crippen LogP contribution is -2.64. The predicted molar refractivity (Wildman–Crippen MR) is 131 cm³/mol. The van der Waals surface area contributed by atoms with Crippen molar-refractivity contribution in [3.05, 3.63) is 70.8 Å². The summed E-state index contributed by atoms with van der Waals surface area (Å²) in [5.41, 5.74) is 2.45. The molecule has 0 aliphatic carbocycles. The number of amides is 2. The van der Waals surface area contributed by atoms with Gasteiger partial charge in [0, 0.05) is 79.6 Å². The summed E-state index contributed by atoms with van der Waals surface area (Å²) >= 11 is 1.37. The van der Waals surface area contributed by atoms with Crippen molar-refractivity contribution in [1.29, 1.82) is 0 Å². The van der Waals surface area contributed by atoms with Gasteiger partial charge in [0.2, 0.25) is 5.95 Å². The Balaban J connectivity index is 1.07. The first-order chi connectivity index (χ1) is 17.1. The maximum Gasteiger partial charge on any atom is 0.282 e. The first-order valence-electron chi connectivity index (χ1n) is 11.5. The maximum atomic E-state index is 14.1. The Hall–Kier alpha value is -3.63. The van der Waals surface area contributed by atoms with Gasteiger partial charge in [-0.05, 0) is 29.8 Å². The number of nitrogens with one attached hydrogen (secondary N) is 1. The summed E-state index contributed by atoms with van der Waals surface area (Å²) in [5, 5.41) is 3.25. The number of nitrogens with zero attached hydrogens (tertiary/aromatic N) is 5. The van der Waals surface area contributed by atoms with Gasteiger partial charge in [-0.1, -0.05) is 12.1 Å². The second-order valence-electron chi connectivity index (χ2n) is 8.86. The van der Waals surface area contributed by atoms with Gasteiger partial charge in [0.1, 0.15) is 5.69 Å². The molecular formula is C25H23FN6O2S. The number of halogens is 1. The summed E-state index contributed by atoms with van der Waals surface area (Å²) in [6.45, 7) is 4.27. The molecule has 6 rings (SSSR count). The number of fused-ring (bicyclic) bond motifs is 1. The lowest BCUT2D eigenvalue weighted by molar-refractivity contribution is 0.00827. The summed E-state index contributed by atoms with van der Waals surface area (Å²) in [6, 6.07) is 11.1. The van der Waals surface area contributed by atoms with E-state index < -0.39 is 5.95 Å². The third kappa shape index (κ3) is 4.08. The first kappa shape index (κ1) is 21.9. The van der Waals surface area contributed by atoms with Gasteiger partial charge in [0.05, 0.1) is 0 Å². The molecule has 2 aliphatic rings. The topological polar surface area (TPSA) is 85.4 Å². The summed E-state index contributed by atoms with van der Waals surface area (Å²) in [4.78, 5) is 42.6. The SMILES string of the molecule is O=C(c1cc2ccc(-c3cccnc3F)cc2[nH]1)N1CC(N2CCN(C(=O)c3nccs3)CC2)C1. The Morgan fingerprint density at radius 1 is 0.971 bits per heavy atom. The predicted octanol–water partition coefficient (Wildman–Crippen LogP) is 3.11. The standard InChI is InChI=1S/C25H23FN6O2S/c26-22-19(2-1-5-27-22)16-3-4-17-13-21(29-20(17)12-16)24(33)32-14-18(15-32)30-7-9-31(10-8-30)25(34)23-28-6-11-35-23/h1-6,11-13,18,29H,7-10,14-15H2. The molecule has 178 valence electrons. The van der Waals surface area contributed by atoms with E-state index >= 15 is 0 Å².